The Labute approximate surface area is 106 Å². The van der Waals surface area contributed by atoms with E-state index >= 15 is 0 Å². The highest BCUT2D eigenvalue weighted by Gasteiger charge is 2.05. The first-order valence-corrected chi connectivity index (χ1v) is 5.74. The maximum Gasteiger partial charge on any atom is 0.142 e. The molecule has 0 spiro atoms. The molecule has 3 heteroatoms. The number of anilines is 1. The topological polar surface area (TPSA) is 35.2 Å². The lowest BCUT2D eigenvalue weighted by atomic mass is 10.0. The van der Waals surface area contributed by atoms with Gasteiger partial charge >= 0.3 is 0 Å². The van der Waals surface area contributed by atoms with E-state index in [1.807, 2.05) is 42.5 Å². The van der Waals surface area contributed by atoms with E-state index in [9.17, 15) is 0 Å². The number of hydrogen-bond acceptors (Lipinski definition) is 2. The van der Waals surface area contributed by atoms with Crippen molar-refractivity contribution in [3.63, 3.8) is 0 Å². The molecule has 88 valence electrons. The molecule has 2 aromatic carbocycles. The smallest absolute Gasteiger partial charge is 0.142 e. The summed E-state index contributed by atoms with van der Waals surface area (Å²) in [5, 5.41) is 0.743. The van der Waals surface area contributed by atoms with E-state index in [4.69, 9.17) is 22.1 Å². The summed E-state index contributed by atoms with van der Waals surface area (Å²) in [6.45, 7) is 0. The van der Waals surface area contributed by atoms with Gasteiger partial charge in [-0.25, -0.2) is 0 Å². The Morgan fingerprint density at radius 2 is 1.82 bits per heavy atom. The fourth-order valence-corrected chi connectivity index (χ4v) is 1.87. The molecule has 0 heterocycles. The van der Waals surface area contributed by atoms with Gasteiger partial charge in [0.15, 0.2) is 0 Å². The average Bonchev–Trinajstić information content (AvgIpc) is 2.35. The summed E-state index contributed by atoms with van der Waals surface area (Å²) in [6, 6.07) is 13.6. The molecule has 0 atom stereocenters. The van der Waals surface area contributed by atoms with Gasteiger partial charge in [0.1, 0.15) is 5.75 Å². The van der Waals surface area contributed by atoms with Gasteiger partial charge < -0.3 is 10.5 Å². The lowest BCUT2D eigenvalue weighted by molar-refractivity contribution is 0.416. The average molecular weight is 248 g/mol. The van der Waals surface area contributed by atoms with Gasteiger partial charge in [0.2, 0.25) is 0 Å². The number of rotatable bonds is 3. The van der Waals surface area contributed by atoms with E-state index < -0.39 is 0 Å². The van der Waals surface area contributed by atoms with E-state index in [1.165, 1.54) is 5.56 Å². The maximum absolute atomic E-state index is 6.02. The number of benzene rings is 2. The van der Waals surface area contributed by atoms with Crippen LogP contribution in [-0.4, -0.2) is 7.11 Å². The molecule has 0 saturated heterocycles. The van der Waals surface area contributed by atoms with Crippen molar-refractivity contribution in [1.29, 1.82) is 0 Å². The summed E-state index contributed by atoms with van der Waals surface area (Å²) in [7, 11) is 1.62. The van der Waals surface area contributed by atoms with Gasteiger partial charge in [0.05, 0.1) is 12.8 Å². The van der Waals surface area contributed by atoms with Crippen molar-refractivity contribution in [2.45, 2.75) is 6.42 Å². The molecule has 0 radical (unpaired) electrons. The second-order valence-corrected chi connectivity index (χ2v) is 4.27. The Bertz CT molecular complexity index is 508. The molecule has 0 fully saturated rings. The van der Waals surface area contributed by atoms with Crippen LogP contribution in [0, 0.1) is 0 Å². The third kappa shape index (κ3) is 2.71. The van der Waals surface area contributed by atoms with Crippen LogP contribution in [0.15, 0.2) is 42.5 Å². The maximum atomic E-state index is 6.02. The number of nitrogen functional groups attached to an aromatic ring is 1. The van der Waals surface area contributed by atoms with Crippen molar-refractivity contribution in [2.24, 2.45) is 0 Å². The Balaban J connectivity index is 2.27. The summed E-state index contributed by atoms with van der Waals surface area (Å²) in [4.78, 5) is 0. The molecular weight excluding hydrogens is 234 g/mol. The molecule has 0 aliphatic heterocycles. The molecule has 0 unspecified atom stereocenters. The van der Waals surface area contributed by atoms with E-state index in [0.717, 1.165) is 22.8 Å². The van der Waals surface area contributed by atoms with Crippen LogP contribution >= 0.6 is 11.6 Å². The van der Waals surface area contributed by atoms with E-state index in [-0.39, 0.29) is 0 Å². The van der Waals surface area contributed by atoms with Crippen LogP contribution in [0.3, 0.4) is 0 Å². The summed E-state index contributed by atoms with van der Waals surface area (Å²) in [5.41, 5.74) is 8.96. The lowest BCUT2D eigenvalue weighted by Crippen LogP contribution is -1.98. The van der Waals surface area contributed by atoms with Gasteiger partial charge in [0, 0.05) is 5.02 Å². The van der Waals surface area contributed by atoms with Gasteiger partial charge in [-0.05, 0) is 35.7 Å². The monoisotopic (exact) mass is 247 g/mol. The zero-order chi connectivity index (χ0) is 12.3. The largest absolute Gasteiger partial charge is 0.495 e. The lowest BCUT2D eigenvalue weighted by Gasteiger charge is -2.10. The zero-order valence-electron chi connectivity index (χ0n) is 9.61. The van der Waals surface area contributed by atoms with Crippen LogP contribution in [-0.2, 0) is 6.42 Å². The summed E-state index contributed by atoms with van der Waals surface area (Å²) in [6.07, 6.45) is 0.778. The normalized spacial score (nSPS) is 10.2. The third-order valence-electron chi connectivity index (χ3n) is 2.68. The molecule has 0 aromatic heterocycles. The summed E-state index contributed by atoms with van der Waals surface area (Å²) in [5.74, 6) is 0.719. The standard InChI is InChI=1S/C14H14ClNO/c1-17-13-4-2-3-11(14(13)16)9-10-5-7-12(15)8-6-10/h2-8H,9,16H2,1H3. The minimum absolute atomic E-state index is 0.699. The Hall–Kier alpha value is -1.67. The molecule has 2 nitrogen and oxygen atoms in total. The Morgan fingerprint density at radius 1 is 1.12 bits per heavy atom. The zero-order valence-corrected chi connectivity index (χ0v) is 10.4. The van der Waals surface area contributed by atoms with Crippen molar-refractivity contribution in [3.05, 3.63) is 58.6 Å². The molecule has 0 aliphatic rings. The highest BCUT2D eigenvalue weighted by molar-refractivity contribution is 6.30. The fourth-order valence-electron chi connectivity index (χ4n) is 1.74. The first-order chi connectivity index (χ1) is 8.20. The molecule has 2 rings (SSSR count). The van der Waals surface area contributed by atoms with Crippen LogP contribution in [0.25, 0.3) is 0 Å². The quantitative estimate of drug-likeness (QED) is 0.843. The van der Waals surface area contributed by atoms with E-state index in [0.29, 0.717) is 5.69 Å². The highest BCUT2D eigenvalue weighted by Crippen LogP contribution is 2.26. The van der Waals surface area contributed by atoms with Crippen molar-refractivity contribution in [2.75, 3.05) is 12.8 Å². The molecule has 17 heavy (non-hydrogen) atoms. The number of methoxy groups -OCH3 is 1. The van der Waals surface area contributed by atoms with Crippen LogP contribution in [0.2, 0.25) is 5.02 Å². The Kier molecular flexibility index (Phi) is 3.55. The number of nitrogens with two attached hydrogens (primary N) is 1. The predicted octanol–water partition coefficient (Wildman–Crippen LogP) is 3.52. The van der Waals surface area contributed by atoms with Crippen molar-refractivity contribution in [3.8, 4) is 5.75 Å². The first-order valence-electron chi connectivity index (χ1n) is 5.36. The van der Waals surface area contributed by atoms with Gasteiger partial charge in [-0.1, -0.05) is 35.9 Å². The minimum atomic E-state index is 0.699. The molecule has 0 bridgehead atoms. The van der Waals surface area contributed by atoms with Crippen molar-refractivity contribution in [1.82, 2.24) is 0 Å². The van der Waals surface area contributed by atoms with Gasteiger partial charge in [-0.2, -0.15) is 0 Å². The highest BCUT2D eigenvalue weighted by atomic mass is 35.5. The number of para-hydroxylation sites is 1. The van der Waals surface area contributed by atoms with E-state index in [2.05, 4.69) is 0 Å². The van der Waals surface area contributed by atoms with Crippen LogP contribution in [0.4, 0.5) is 5.69 Å². The van der Waals surface area contributed by atoms with Crippen LogP contribution in [0.1, 0.15) is 11.1 Å². The molecular formula is C14H14ClNO. The molecule has 0 amide bonds. The number of hydrogen-bond donors (Lipinski definition) is 1. The van der Waals surface area contributed by atoms with E-state index in [1.54, 1.807) is 7.11 Å². The molecule has 0 aliphatic carbocycles. The van der Waals surface area contributed by atoms with Crippen LogP contribution in [0.5, 0.6) is 5.75 Å². The fraction of sp³-hybridized carbons (Fsp3) is 0.143. The van der Waals surface area contributed by atoms with Crippen molar-refractivity contribution < 1.29 is 4.74 Å². The molecule has 2 aromatic rings. The van der Waals surface area contributed by atoms with Crippen molar-refractivity contribution >= 4 is 17.3 Å². The molecule has 0 saturated carbocycles. The summed E-state index contributed by atoms with van der Waals surface area (Å²) >= 11 is 5.85. The third-order valence-corrected chi connectivity index (χ3v) is 2.94. The van der Waals surface area contributed by atoms with Gasteiger partial charge in [0.25, 0.3) is 0 Å². The Morgan fingerprint density at radius 3 is 2.47 bits per heavy atom. The summed E-state index contributed by atoms with van der Waals surface area (Å²) < 4.78 is 5.20. The molecule has 2 N–H and O–H groups in total. The SMILES string of the molecule is COc1cccc(Cc2ccc(Cl)cc2)c1N. The van der Waals surface area contributed by atoms with Crippen LogP contribution < -0.4 is 10.5 Å². The van der Waals surface area contributed by atoms with Gasteiger partial charge in [-0.15, -0.1) is 0 Å². The number of halogens is 1. The minimum Gasteiger partial charge on any atom is -0.495 e. The second kappa shape index (κ2) is 5.11. The number of ether oxygens (including phenoxy) is 1. The second-order valence-electron chi connectivity index (χ2n) is 3.84. The predicted molar refractivity (Wildman–Crippen MR) is 71.7 cm³/mol. The first kappa shape index (κ1) is 11.8. The van der Waals surface area contributed by atoms with Gasteiger partial charge in [-0.3, -0.25) is 0 Å².